The molecule has 2 aromatic carbocycles. The smallest absolute Gasteiger partial charge is 0.456 e. The van der Waals surface area contributed by atoms with Crippen LogP contribution in [0.5, 0.6) is 0 Å². The van der Waals surface area contributed by atoms with E-state index in [0.717, 1.165) is 32.9 Å². The van der Waals surface area contributed by atoms with Crippen molar-refractivity contribution in [2.45, 2.75) is 32.5 Å². The van der Waals surface area contributed by atoms with Crippen LogP contribution in [0.4, 0.5) is 13.2 Å². The van der Waals surface area contributed by atoms with Crippen molar-refractivity contribution in [3.8, 4) is 28.3 Å². The van der Waals surface area contributed by atoms with E-state index in [4.69, 9.17) is 4.74 Å². The van der Waals surface area contributed by atoms with E-state index in [1.54, 1.807) is 4.57 Å². The third-order valence-electron chi connectivity index (χ3n) is 6.47. The number of ketones is 1. The number of esters is 1. The summed E-state index contributed by atoms with van der Waals surface area (Å²) < 4.78 is 47.5. The average molecular weight is 564 g/mol. The highest BCUT2D eigenvalue weighted by atomic mass is 19.4. The molecule has 0 spiro atoms. The van der Waals surface area contributed by atoms with Crippen LogP contribution in [-0.2, 0) is 17.7 Å². The number of hydrogen-bond acceptors (Lipinski definition) is 7. The van der Waals surface area contributed by atoms with Gasteiger partial charge in [0, 0.05) is 24.7 Å². The van der Waals surface area contributed by atoms with Crippen molar-refractivity contribution >= 4 is 11.8 Å². The molecule has 0 saturated carbocycles. The van der Waals surface area contributed by atoms with E-state index in [9.17, 15) is 22.8 Å². The molecule has 0 aliphatic heterocycles. The number of hydrogen-bond donors (Lipinski definition) is 1. The summed E-state index contributed by atoms with van der Waals surface area (Å²) in [5.74, 6) is -2.02. The average Bonchev–Trinajstić information content (AvgIpc) is 3.73. The number of carbonyl (C=O) groups excluding carboxylic acids is 2. The molecule has 0 bridgehead atoms. The lowest BCUT2D eigenvalue weighted by Gasteiger charge is -2.13. The fourth-order valence-electron chi connectivity index (χ4n) is 4.61. The normalized spacial score (nSPS) is 11.5. The number of aryl methyl sites for hydroxylation is 1. The Bertz CT molecular complexity index is 1690. The highest BCUT2D eigenvalue weighted by molar-refractivity contribution is 6.00. The van der Waals surface area contributed by atoms with Gasteiger partial charge in [0.05, 0.1) is 12.8 Å². The molecule has 0 amide bonds. The number of aromatic nitrogens is 7. The number of benzene rings is 2. The molecule has 0 fully saturated rings. The predicted molar refractivity (Wildman–Crippen MR) is 141 cm³/mol. The molecule has 5 aromatic rings. The third kappa shape index (κ3) is 5.38. The first kappa shape index (κ1) is 27.5. The number of H-pyrrole nitrogens is 1. The standard InChI is InChI=1S/C28H24F3N7O3/c1-3-7-22-32-26(37-15-6-10-21(37)24(39)28(29,30)31)23(27(40)41-2)38(22)16-17-11-13-18(14-12-17)19-8-4-5-9-20(19)25-33-35-36-34-25/h4-6,8-15H,3,7,16H2,1-2H3,(H,33,34,35,36). The maximum Gasteiger partial charge on any atom is 0.456 e. The van der Waals surface area contributed by atoms with Gasteiger partial charge >= 0.3 is 12.1 Å². The molecule has 0 aliphatic carbocycles. The van der Waals surface area contributed by atoms with Crippen molar-refractivity contribution < 1.29 is 27.5 Å². The topological polar surface area (TPSA) is 121 Å². The highest BCUT2D eigenvalue weighted by Crippen LogP contribution is 2.31. The van der Waals surface area contributed by atoms with Crippen molar-refractivity contribution in [1.82, 2.24) is 34.7 Å². The van der Waals surface area contributed by atoms with Crippen molar-refractivity contribution in [2.24, 2.45) is 0 Å². The molecule has 5 rings (SSSR count). The molecule has 0 unspecified atom stereocenters. The van der Waals surface area contributed by atoms with Gasteiger partial charge in [0.2, 0.25) is 5.82 Å². The van der Waals surface area contributed by atoms with Gasteiger partial charge < -0.3 is 9.30 Å². The minimum absolute atomic E-state index is 0.0603. The Balaban J connectivity index is 1.55. The number of ether oxygens (including phenoxy) is 1. The van der Waals surface area contributed by atoms with Gasteiger partial charge in [0.15, 0.2) is 11.5 Å². The molecule has 0 saturated heterocycles. The number of tetrazole rings is 1. The first-order valence-corrected chi connectivity index (χ1v) is 12.6. The lowest BCUT2D eigenvalue weighted by Crippen LogP contribution is -2.25. The summed E-state index contributed by atoms with van der Waals surface area (Å²) in [6.07, 6.45) is -2.74. The maximum absolute atomic E-state index is 13.3. The SMILES string of the molecule is CCCc1nc(-n2cccc2C(=O)C(F)(F)F)c(C(=O)OC)n1Cc1ccc(-c2ccccc2-c2nn[nH]n2)cc1. The number of rotatable bonds is 9. The molecule has 13 heteroatoms. The first-order chi connectivity index (χ1) is 19.7. The summed E-state index contributed by atoms with van der Waals surface area (Å²) in [6.45, 7) is 2.10. The lowest BCUT2D eigenvalue weighted by molar-refractivity contribution is -0.0889. The Morgan fingerprint density at radius 3 is 2.37 bits per heavy atom. The Hall–Kier alpha value is -5.07. The molecule has 3 aromatic heterocycles. The fraction of sp³-hybridized carbons (Fsp3) is 0.214. The summed E-state index contributed by atoms with van der Waals surface area (Å²) in [5, 5.41) is 14.2. The second-order valence-corrected chi connectivity index (χ2v) is 9.10. The van der Waals surface area contributed by atoms with Gasteiger partial charge in [-0.2, -0.15) is 18.4 Å². The zero-order valence-corrected chi connectivity index (χ0v) is 22.0. The number of Topliss-reactive ketones (excluding diaryl/α,β-unsaturated/α-hetero) is 1. The van der Waals surface area contributed by atoms with Crippen LogP contribution in [0.15, 0.2) is 66.9 Å². The summed E-state index contributed by atoms with van der Waals surface area (Å²) in [5.41, 5.74) is 2.67. The van der Waals surface area contributed by atoms with Crippen LogP contribution in [0, 0.1) is 0 Å². The number of carbonyl (C=O) groups is 2. The van der Waals surface area contributed by atoms with Crippen LogP contribution in [0.25, 0.3) is 28.3 Å². The van der Waals surface area contributed by atoms with E-state index >= 15 is 0 Å². The Morgan fingerprint density at radius 2 is 1.73 bits per heavy atom. The van der Waals surface area contributed by atoms with Gasteiger partial charge in [-0.3, -0.25) is 9.36 Å². The molecule has 0 aliphatic rings. The Morgan fingerprint density at radius 1 is 1.00 bits per heavy atom. The van der Waals surface area contributed by atoms with E-state index in [1.807, 2.05) is 55.5 Å². The molecular formula is C28H24F3N7O3. The van der Waals surface area contributed by atoms with Crippen molar-refractivity contribution in [3.63, 3.8) is 0 Å². The van der Waals surface area contributed by atoms with Crippen LogP contribution in [0.1, 0.15) is 45.7 Å². The minimum Gasteiger partial charge on any atom is -0.464 e. The first-order valence-electron chi connectivity index (χ1n) is 12.6. The zero-order valence-electron chi connectivity index (χ0n) is 22.0. The van der Waals surface area contributed by atoms with Gasteiger partial charge in [-0.1, -0.05) is 55.5 Å². The van der Waals surface area contributed by atoms with Crippen LogP contribution >= 0.6 is 0 Å². The van der Waals surface area contributed by atoms with Gasteiger partial charge in [0.25, 0.3) is 5.78 Å². The predicted octanol–water partition coefficient (Wildman–Crippen LogP) is 5.05. The van der Waals surface area contributed by atoms with E-state index in [-0.39, 0.29) is 18.1 Å². The molecule has 3 heterocycles. The fourth-order valence-corrected chi connectivity index (χ4v) is 4.61. The summed E-state index contributed by atoms with van der Waals surface area (Å²) in [7, 11) is 1.18. The molecule has 41 heavy (non-hydrogen) atoms. The van der Waals surface area contributed by atoms with Crippen molar-refractivity contribution in [3.05, 3.63) is 89.6 Å². The van der Waals surface area contributed by atoms with E-state index in [2.05, 4.69) is 25.6 Å². The monoisotopic (exact) mass is 563 g/mol. The number of nitrogens with one attached hydrogen (secondary N) is 1. The third-order valence-corrected chi connectivity index (χ3v) is 6.47. The molecular weight excluding hydrogens is 539 g/mol. The zero-order chi connectivity index (χ0) is 29.1. The molecule has 1 N–H and O–H groups in total. The van der Waals surface area contributed by atoms with E-state index in [0.29, 0.717) is 24.5 Å². The van der Waals surface area contributed by atoms with Crippen molar-refractivity contribution in [1.29, 1.82) is 0 Å². The molecule has 210 valence electrons. The van der Waals surface area contributed by atoms with Gasteiger partial charge in [0.1, 0.15) is 5.82 Å². The number of imidazole rings is 1. The number of halogens is 3. The van der Waals surface area contributed by atoms with Gasteiger partial charge in [-0.15, -0.1) is 10.2 Å². The second kappa shape index (κ2) is 11.2. The lowest BCUT2D eigenvalue weighted by atomic mass is 9.98. The van der Waals surface area contributed by atoms with Crippen LogP contribution < -0.4 is 0 Å². The summed E-state index contributed by atoms with van der Waals surface area (Å²) >= 11 is 0. The van der Waals surface area contributed by atoms with Crippen molar-refractivity contribution in [2.75, 3.05) is 7.11 Å². The molecule has 0 radical (unpaired) electrons. The quantitative estimate of drug-likeness (QED) is 0.197. The Kier molecular flexibility index (Phi) is 7.51. The van der Waals surface area contributed by atoms with Crippen LogP contribution in [0.2, 0.25) is 0 Å². The summed E-state index contributed by atoms with van der Waals surface area (Å²) in [4.78, 5) is 29.6. The Labute approximate surface area is 231 Å². The van der Waals surface area contributed by atoms with Gasteiger partial charge in [-0.25, -0.2) is 9.78 Å². The summed E-state index contributed by atoms with van der Waals surface area (Å²) in [6, 6.07) is 17.5. The number of nitrogens with zero attached hydrogens (tertiary/aromatic N) is 6. The molecule has 10 nitrogen and oxygen atoms in total. The van der Waals surface area contributed by atoms with E-state index < -0.39 is 23.6 Å². The van der Waals surface area contributed by atoms with Gasteiger partial charge in [-0.05, 0) is 40.5 Å². The van der Waals surface area contributed by atoms with E-state index in [1.165, 1.54) is 19.4 Å². The maximum atomic E-state index is 13.3. The number of methoxy groups -OCH3 is 1. The molecule has 0 atom stereocenters. The van der Waals surface area contributed by atoms with Crippen LogP contribution in [-0.4, -0.2) is 59.8 Å². The van der Waals surface area contributed by atoms with Crippen LogP contribution in [0.3, 0.4) is 0 Å². The highest BCUT2D eigenvalue weighted by Gasteiger charge is 2.41. The second-order valence-electron chi connectivity index (χ2n) is 9.10. The minimum atomic E-state index is -5.10. The largest absolute Gasteiger partial charge is 0.464 e. The number of alkyl halides is 3. The number of aromatic amines is 1.